The standard InChI is InChI=1S/C12H12N2O/c1-15-12-6-4-11(5-7-12)10-13-14-8-2-3-9-14/h2-10H,1H3/b13-10+. The van der Waals surface area contributed by atoms with Crippen LogP contribution in [0.3, 0.4) is 0 Å². The van der Waals surface area contributed by atoms with Gasteiger partial charge >= 0.3 is 0 Å². The van der Waals surface area contributed by atoms with Gasteiger partial charge in [-0.15, -0.1) is 0 Å². The van der Waals surface area contributed by atoms with Crippen molar-refractivity contribution in [1.82, 2.24) is 4.68 Å². The number of hydrogen-bond donors (Lipinski definition) is 0. The van der Waals surface area contributed by atoms with Gasteiger partial charge in [-0.25, -0.2) is 4.68 Å². The van der Waals surface area contributed by atoms with E-state index >= 15 is 0 Å². The van der Waals surface area contributed by atoms with Crippen molar-refractivity contribution in [3.63, 3.8) is 0 Å². The van der Waals surface area contributed by atoms with Crippen LogP contribution in [0.15, 0.2) is 53.9 Å². The molecule has 0 saturated carbocycles. The second kappa shape index (κ2) is 4.46. The third kappa shape index (κ3) is 2.47. The predicted octanol–water partition coefficient (Wildman–Crippen LogP) is 2.38. The van der Waals surface area contributed by atoms with E-state index in [9.17, 15) is 0 Å². The molecule has 0 amide bonds. The average Bonchev–Trinajstić information content (AvgIpc) is 2.80. The van der Waals surface area contributed by atoms with Crippen molar-refractivity contribution in [2.24, 2.45) is 5.10 Å². The van der Waals surface area contributed by atoms with Crippen molar-refractivity contribution < 1.29 is 4.74 Å². The van der Waals surface area contributed by atoms with Gasteiger partial charge in [0.05, 0.1) is 13.3 Å². The minimum absolute atomic E-state index is 0.855. The first-order chi connectivity index (χ1) is 7.38. The summed E-state index contributed by atoms with van der Waals surface area (Å²) in [5.41, 5.74) is 1.05. The summed E-state index contributed by atoms with van der Waals surface area (Å²) in [5.74, 6) is 0.855. The van der Waals surface area contributed by atoms with Crippen molar-refractivity contribution in [2.75, 3.05) is 7.11 Å². The van der Waals surface area contributed by atoms with E-state index in [1.54, 1.807) is 18.0 Å². The quantitative estimate of drug-likeness (QED) is 0.699. The fraction of sp³-hybridized carbons (Fsp3) is 0.0833. The molecule has 0 bridgehead atoms. The lowest BCUT2D eigenvalue weighted by molar-refractivity contribution is 0.415. The predicted molar refractivity (Wildman–Crippen MR) is 60.4 cm³/mol. The monoisotopic (exact) mass is 200 g/mol. The first-order valence-corrected chi connectivity index (χ1v) is 4.70. The summed E-state index contributed by atoms with van der Waals surface area (Å²) in [6.45, 7) is 0. The van der Waals surface area contributed by atoms with Gasteiger partial charge in [0.25, 0.3) is 0 Å². The highest BCUT2D eigenvalue weighted by molar-refractivity contribution is 5.79. The fourth-order valence-electron chi connectivity index (χ4n) is 1.23. The van der Waals surface area contributed by atoms with E-state index < -0.39 is 0 Å². The Bertz CT molecular complexity index is 429. The molecule has 1 aromatic heterocycles. The molecule has 1 heterocycles. The minimum atomic E-state index is 0.855. The number of hydrogen-bond acceptors (Lipinski definition) is 2. The average molecular weight is 200 g/mol. The van der Waals surface area contributed by atoms with Crippen LogP contribution in [0.2, 0.25) is 0 Å². The molecule has 1 aromatic carbocycles. The van der Waals surface area contributed by atoms with E-state index in [-0.39, 0.29) is 0 Å². The fourth-order valence-corrected chi connectivity index (χ4v) is 1.23. The first kappa shape index (κ1) is 9.52. The van der Waals surface area contributed by atoms with Crippen LogP contribution >= 0.6 is 0 Å². The third-order valence-electron chi connectivity index (χ3n) is 2.04. The number of methoxy groups -OCH3 is 1. The molecule has 2 rings (SSSR count). The van der Waals surface area contributed by atoms with E-state index in [2.05, 4.69) is 5.10 Å². The molecule has 3 heteroatoms. The summed E-state index contributed by atoms with van der Waals surface area (Å²) in [6.07, 6.45) is 5.58. The van der Waals surface area contributed by atoms with Crippen molar-refractivity contribution in [3.05, 3.63) is 54.4 Å². The van der Waals surface area contributed by atoms with E-state index in [1.165, 1.54) is 0 Å². The number of ether oxygens (including phenoxy) is 1. The Hall–Kier alpha value is -2.03. The van der Waals surface area contributed by atoms with Crippen LogP contribution in [-0.4, -0.2) is 18.0 Å². The molecule has 0 aliphatic rings. The topological polar surface area (TPSA) is 26.5 Å². The summed E-state index contributed by atoms with van der Waals surface area (Å²) in [6, 6.07) is 11.6. The van der Waals surface area contributed by atoms with E-state index in [0.29, 0.717) is 0 Å². The maximum Gasteiger partial charge on any atom is 0.118 e. The molecule has 0 unspecified atom stereocenters. The number of rotatable bonds is 3. The van der Waals surface area contributed by atoms with Crippen LogP contribution in [-0.2, 0) is 0 Å². The molecule has 15 heavy (non-hydrogen) atoms. The SMILES string of the molecule is COc1ccc(/C=N/n2cccc2)cc1. The number of aromatic nitrogens is 1. The van der Waals surface area contributed by atoms with Gasteiger partial charge in [-0.3, -0.25) is 0 Å². The Labute approximate surface area is 88.6 Å². The van der Waals surface area contributed by atoms with Crippen molar-refractivity contribution in [1.29, 1.82) is 0 Å². The minimum Gasteiger partial charge on any atom is -0.497 e. The molecule has 2 aromatic rings. The first-order valence-electron chi connectivity index (χ1n) is 4.70. The Balaban J connectivity index is 2.11. The molecule has 0 N–H and O–H groups in total. The molecule has 0 atom stereocenters. The molecule has 0 fully saturated rings. The number of nitrogens with zero attached hydrogens (tertiary/aromatic N) is 2. The Kier molecular flexibility index (Phi) is 2.83. The Morgan fingerprint density at radius 1 is 1.13 bits per heavy atom. The van der Waals surface area contributed by atoms with Crippen LogP contribution in [0.1, 0.15) is 5.56 Å². The molecule has 0 saturated heterocycles. The highest BCUT2D eigenvalue weighted by atomic mass is 16.5. The number of benzene rings is 1. The summed E-state index contributed by atoms with van der Waals surface area (Å²) >= 11 is 0. The zero-order valence-electron chi connectivity index (χ0n) is 8.50. The molecule has 0 aliphatic carbocycles. The molecule has 3 nitrogen and oxygen atoms in total. The van der Waals surface area contributed by atoms with Crippen LogP contribution in [0, 0.1) is 0 Å². The molecule has 0 spiro atoms. The molecule has 0 radical (unpaired) electrons. The molecular formula is C12H12N2O. The maximum absolute atomic E-state index is 5.07. The van der Waals surface area contributed by atoms with Gasteiger partial charge < -0.3 is 4.74 Å². The largest absolute Gasteiger partial charge is 0.497 e. The van der Waals surface area contributed by atoms with Gasteiger partial charge in [-0.05, 0) is 42.0 Å². The summed E-state index contributed by atoms with van der Waals surface area (Å²) in [7, 11) is 1.66. The molecular weight excluding hydrogens is 188 g/mol. The van der Waals surface area contributed by atoms with Crippen LogP contribution in [0.25, 0.3) is 0 Å². The third-order valence-corrected chi connectivity index (χ3v) is 2.04. The smallest absolute Gasteiger partial charge is 0.118 e. The van der Waals surface area contributed by atoms with Crippen LogP contribution in [0.5, 0.6) is 5.75 Å². The van der Waals surface area contributed by atoms with Crippen molar-refractivity contribution in [3.8, 4) is 5.75 Å². The zero-order chi connectivity index (χ0) is 10.5. The van der Waals surface area contributed by atoms with Gasteiger partial charge in [-0.2, -0.15) is 5.10 Å². The van der Waals surface area contributed by atoms with Crippen LogP contribution < -0.4 is 4.74 Å². The lowest BCUT2D eigenvalue weighted by Gasteiger charge is -1.98. The van der Waals surface area contributed by atoms with Gasteiger partial charge in [0.2, 0.25) is 0 Å². The van der Waals surface area contributed by atoms with Gasteiger partial charge in [-0.1, -0.05) is 0 Å². The maximum atomic E-state index is 5.07. The molecule has 76 valence electrons. The zero-order valence-corrected chi connectivity index (χ0v) is 8.50. The van der Waals surface area contributed by atoms with Gasteiger partial charge in [0.1, 0.15) is 5.75 Å². The Morgan fingerprint density at radius 3 is 2.40 bits per heavy atom. The van der Waals surface area contributed by atoms with E-state index in [4.69, 9.17) is 4.74 Å². The van der Waals surface area contributed by atoms with Gasteiger partial charge in [0.15, 0.2) is 0 Å². The van der Waals surface area contributed by atoms with Crippen molar-refractivity contribution >= 4 is 6.21 Å². The highest BCUT2D eigenvalue weighted by Gasteiger charge is 1.90. The van der Waals surface area contributed by atoms with E-state index in [0.717, 1.165) is 11.3 Å². The molecule has 0 aliphatic heterocycles. The lowest BCUT2D eigenvalue weighted by atomic mass is 10.2. The van der Waals surface area contributed by atoms with Crippen molar-refractivity contribution in [2.45, 2.75) is 0 Å². The summed E-state index contributed by atoms with van der Waals surface area (Å²) < 4.78 is 6.82. The summed E-state index contributed by atoms with van der Waals surface area (Å²) in [5, 5.41) is 4.24. The second-order valence-corrected chi connectivity index (χ2v) is 3.08. The Morgan fingerprint density at radius 2 is 1.80 bits per heavy atom. The summed E-state index contributed by atoms with van der Waals surface area (Å²) in [4.78, 5) is 0. The van der Waals surface area contributed by atoms with Crippen LogP contribution in [0.4, 0.5) is 0 Å². The normalized spacial score (nSPS) is 10.7. The lowest BCUT2D eigenvalue weighted by Crippen LogP contribution is -1.87. The van der Waals surface area contributed by atoms with Gasteiger partial charge in [0, 0.05) is 12.4 Å². The second-order valence-electron chi connectivity index (χ2n) is 3.08. The van der Waals surface area contributed by atoms with E-state index in [1.807, 2.05) is 48.8 Å². The highest BCUT2D eigenvalue weighted by Crippen LogP contribution is 2.09.